The van der Waals surface area contributed by atoms with Gasteiger partial charge in [0.15, 0.2) is 0 Å². The first-order valence-corrected chi connectivity index (χ1v) is 7.81. The van der Waals surface area contributed by atoms with Crippen LogP contribution in [0, 0.1) is 0 Å². The summed E-state index contributed by atoms with van der Waals surface area (Å²) >= 11 is 0. The highest BCUT2D eigenvalue weighted by atomic mass is 14.3. The molecule has 0 aliphatic heterocycles. The van der Waals surface area contributed by atoms with Crippen molar-refractivity contribution in [2.45, 2.75) is 45.4 Å². The van der Waals surface area contributed by atoms with E-state index in [0.29, 0.717) is 5.92 Å². The van der Waals surface area contributed by atoms with Crippen LogP contribution in [-0.2, 0) is 5.41 Å². The number of hydrogen-bond acceptors (Lipinski definition) is 0. The van der Waals surface area contributed by atoms with Gasteiger partial charge >= 0.3 is 0 Å². The van der Waals surface area contributed by atoms with Gasteiger partial charge in [-0.15, -0.1) is 0 Å². The molecule has 21 heavy (non-hydrogen) atoms. The van der Waals surface area contributed by atoms with Gasteiger partial charge in [-0.05, 0) is 41.0 Å². The van der Waals surface area contributed by atoms with E-state index in [0.717, 1.165) is 6.42 Å². The Morgan fingerprint density at radius 2 is 1.71 bits per heavy atom. The second-order valence-electron chi connectivity index (χ2n) is 7.24. The Hall–Kier alpha value is -1.82. The minimum atomic E-state index is 0.216. The molecule has 1 atom stereocenters. The zero-order valence-corrected chi connectivity index (χ0v) is 13.5. The molecule has 3 rings (SSSR count). The van der Waals surface area contributed by atoms with Crippen molar-refractivity contribution in [2.75, 3.05) is 0 Å². The predicted octanol–water partition coefficient (Wildman–Crippen LogP) is 5.84. The van der Waals surface area contributed by atoms with E-state index in [9.17, 15) is 0 Å². The average molecular weight is 276 g/mol. The highest BCUT2D eigenvalue weighted by molar-refractivity contribution is 5.54. The van der Waals surface area contributed by atoms with Crippen LogP contribution in [0.1, 0.15) is 51.2 Å². The van der Waals surface area contributed by atoms with Crippen molar-refractivity contribution in [3.05, 3.63) is 82.5 Å². The molecule has 0 aromatic heterocycles. The third-order valence-electron chi connectivity index (χ3n) is 4.42. The van der Waals surface area contributed by atoms with Crippen molar-refractivity contribution >= 4 is 0 Å². The number of benzene rings is 1. The van der Waals surface area contributed by atoms with Gasteiger partial charge in [0, 0.05) is 5.92 Å². The predicted molar refractivity (Wildman–Crippen MR) is 91.6 cm³/mol. The monoisotopic (exact) mass is 276 g/mol. The van der Waals surface area contributed by atoms with Crippen molar-refractivity contribution < 1.29 is 0 Å². The Morgan fingerprint density at radius 1 is 1.00 bits per heavy atom. The van der Waals surface area contributed by atoms with Crippen LogP contribution in [0.2, 0.25) is 0 Å². The van der Waals surface area contributed by atoms with Gasteiger partial charge in [0.25, 0.3) is 0 Å². The normalized spacial score (nSPS) is 21.3. The van der Waals surface area contributed by atoms with Gasteiger partial charge in [0.1, 0.15) is 0 Å². The van der Waals surface area contributed by atoms with E-state index in [2.05, 4.69) is 82.3 Å². The van der Waals surface area contributed by atoms with Gasteiger partial charge in [-0.3, -0.25) is 0 Å². The van der Waals surface area contributed by atoms with Crippen LogP contribution in [0.5, 0.6) is 0 Å². The Balaban J connectivity index is 1.98. The first-order valence-electron chi connectivity index (χ1n) is 7.81. The summed E-state index contributed by atoms with van der Waals surface area (Å²) in [7, 11) is 0. The molecule has 2 aliphatic carbocycles. The molecule has 1 aromatic carbocycles. The summed E-state index contributed by atoms with van der Waals surface area (Å²) in [5, 5.41) is 0. The molecule has 0 nitrogen and oxygen atoms in total. The first-order chi connectivity index (χ1) is 9.95. The largest absolute Gasteiger partial charge is 0.0726 e. The summed E-state index contributed by atoms with van der Waals surface area (Å²) in [4.78, 5) is 0. The molecule has 2 aliphatic rings. The topological polar surface area (TPSA) is 0 Å². The lowest BCUT2D eigenvalue weighted by Gasteiger charge is -2.21. The second-order valence-corrected chi connectivity index (χ2v) is 7.24. The van der Waals surface area contributed by atoms with Gasteiger partial charge in [-0.1, -0.05) is 81.0 Å². The average Bonchev–Trinajstić information content (AvgIpc) is 2.68. The van der Waals surface area contributed by atoms with E-state index in [1.165, 1.54) is 27.8 Å². The highest BCUT2D eigenvalue weighted by Gasteiger charge is 2.21. The molecule has 0 saturated carbocycles. The lowest BCUT2D eigenvalue weighted by atomic mass is 9.84. The fourth-order valence-electron chi connectivity index (χ4n) is 3.19. The molecule has 1 unspecified atom stereocenters. The lowest BCUT2D eigenvalue weighted by Crippen LogP contribution is -2.11. The van der Waals surface area contributed by atoms with E-state index in [-0.39, 0.29) is 5.41 Å². The molecule has 1 aromatic rings. The third kappa shape index (κ3) is 2.81. The maximum Gasteiger partial charge on any atom is 0.0275 e. The highest BCUT2D eigenvalue weighted by Crippen LogP contribution is 2.38. The van der Waals surface area contributed by atoms with Gasteiger partial charge in [0.2, 0.25) is 0 Å². The Bertz CT molecular complexity index is 655. The summed E-state index contributed by atoms with van der Waals surface area (Å²) in [5.74, 6) is 0.390. The molecule has 108 valence electrons. The van der Waals surface area contributed by atoms with E-state index >= 15 is 0 Å². The molecular weight excluding hydrogens is 252 g/mol. The van der Waals surface area contributed by atoms with Crippen LogP contribution in [0.25, 0.3) is 0 Å². The van der Waals surface area contributed by atoms with E-state index in [1.807, 2.05) is 0 Å². The van der Waals surface area contributed by atoms with Crippen LogP contribution in [0.15, 0.2) is 71.4 Å². The molecule has 0 amide bonds. The Kier molecular flexibility index (Phi) is 3.49. The molecule has 0 N–H and O–H groups in total. The maximum atomic E-state index is 2.37. The van der Waals surface area contributed by atoms with Gasteiger partial charge in [-0.25, -0.2) is 0 Å². The van der Waals surface area contributed by atoms with Crippen LogP contribution in [0.3, 0.4) is 0 Å². The van der Waals surface area contributed by atoms with E-state index in [1.54, 1.807) is 0 Å². The van der Waals surface area contributed by atoms with Gasteiger partial charge in [0.05, 0.1) is 0 Å². The molecule has 0 heteroatoms. The Labute approximate surface area is 128 Å². The smallest absolute Gasteiger partial charge is 0.0275 e. The van der Waals surface area contributed by atoms with Crippen molar-refractivity contribution in [2.24, 2.45) is 0 Å². The molecule has 0 fully saturated rings. The molecular formula is C21H24. The van der Waals surface area contributed by atoms with Gasteiger partial charge in [-0.2, -0.15) is 0 Å². The van der Waals surface area contributed by atoms with E-state index in [4.69, 9.17) is 0 Å². The van der Waals surface area contributed by atoms with Gasteiger partial charge < -0.3 is 0 Å². The van der Waals surface area contributed by atoms with Crippen LogP contribution in [-0.4, -0.2) is 0 Å². The summed E-state index contributed by atoms with van der Waals surface area (Å²) in [6, 6.07) is 9.17. The molecule has 0 heterocycles. The minimum absolute atomic E-state index is 0.216. The fourth-order valence-corrected chi connectivity index (χ4v) is 3.19. The summed E-state index contributed by atoms with van der Waals surface area (Å²) in [6.45, 7) is 9.02. The van der Waals surface area contributed by atoms with Crippen molar-refractivity contribution in [1.82, 2.24) is 0 Å². The van der Waals surface area contributed by atoms with Crippen molar-refractivity contribution in [3.63, 3.8) is 0 Å². The van der Waals surface area contributed by atoms with Crippen LogP contribution < -0.4 is 0 Å². The van der Waals surface area contributed by atoms with Crippen molar-refractivity contribution in [1.29, 1.82) is 0 Å². The SMILES string of the molecule is CC1=CC2=C(C=CC=CC2c2ccc(C(C)(C)C)cc2)C1. The van der Waals surface area contributed by atoms with Crippen LogP contribution in [0.4, 0.5) is 0 Å². The summed E-state index contributed by atoms with van der Waals surface area (Å²) in [6.07, 6.45) is 12.4. The first kappa shape index (κ1) is 14.1. The fraction of sp³-hybridized carbons (Fsp3) is 0.333. The molecule has 0 bridgehead atoms. The number of hydrogen-bond donors (Lipinski definition) is 0. The standard InChI is InChI=1S/C21H24/c1-15-13-17-7-5-6-8-19(20(17)14-15)16-9-11-18(12-10-16)21(2,3)4/h5-12,14,19H,13H2,1-4H3. The summed E-state index contributed by atoms with van der Waals surface area (Å²) in [5.41, 5.74) is 7.42. The molecule has 0 spiro atoms. The molecule has 0 radical (unpaired) electrons. The lowest BCUT2D eigenvalue weighted by molar-refractivity contribution is 0.590. The zero-order valence-electron chi connectivity index (χ0n) is 13.5. The minimum Gasteiger partial charge on any atom is -0.0726 e. The third-order valence-corrected chi connectivity index (χ3v) is 4.42. The van der Waals surface area contributed by atoms with Crippen molar-refractivity contribution in [3.8, 4) is 0 Å². The Morgan fingerprint density at radius 3 is 2.38 bits per heavy atom. The van der Waals surface area contributed by atoms with E-state index < -0.39 is 0 Å². The second kappa shape index (κ2) is 5.18. The zero-order chi connectivity index (χ0) is 15.0. The van der Waals surface area contributed by atoms with Crippen LogP contribution >= 0.6 is 0 Å². The quantitative estimate of drug-likeness (QED) is 0.604. The maximum absolute atomic E-state index is 2.37. The number of rotatable bonds is 1. The molecule has 0 saturated heterocycles. The number of allylic oxidation sites excluding steroid dienone is 8. The summed E-state index contributed by atoms with van der Waals surface area (Å²) < 4.78 is 0.